The number of rotatable bonds is 3. The van der Waals surface area contributed by atoms with Gasteiger partial charge >= 0.3 is 0 Å². The van der Waals surface area contributed by atoms with Crippen molar-refractivity contribution in [1.29, 1.82) is 0 Å². The molecule has 3 nitrogen and oxygen atoms in total. The average molecular weight is 316 g/mol. The summed E-state index contributed by atoms with van der Waals surface area (Å²) in [7, 11) is 4.12. The van der Waals surface area contributed by atoms with Gasteiger partial charge in [0.25, 0.3) is 0 Å². The minimum atomic E-state index is 0.211. The Morgan fingerprint density at radius 2 is 2.05 bits per heavy atom. The van der Waals surface area contributed by atoms with E-state index in [-0.39, 0.29) is 6.04 Å². The molecule has 1 unspecified atom stereocenters. The van der Waals surface area contributed by atoms with Gasteiger partial charge in [-0.1, -0.05) is 23.7 Å². The summed E-state index contributed by atoms with van der Waals surface area (Å²) >= 11 is 6.29. The van der Waals surface area contributed by atoms with E-state index in [0.717, 1.165) is 11.6 Å². The maximum atomic E-state index is 6.29. The third-order valence-corrected chi connectivity index (χ3v) is 4.94. The summed E-state index contributed by atoms with van der Waals surface area (Å²) in [5.41, 5.74) is 12.3. The molecule has 2 N–H and O–H groups in total. The Bertz CT molecular complexity index is 697. The molecule has 0 saturated heterocycles. The van der Waals surface area contributed by atoms with E-state index in [1.807, 2.05) is 6.07 Å². The summed E-state index contributed by atoms with van der Waals surface area (Å²) < 4.78 is 0. The van der Waals surface area contributed by atoms with Crippen LogP contribution in [-0.2, 0) is 6.54 Å². The van der Waals surface area contributed by atoms with Crippen LogP contribution in [0.1, 0.15) is 22.7 Å². The van der Waals surface area contributed by atoms with Crippen LogP contribution in [0, 0.1) is 6.92 Å². The molecule has 4 heteroatoms. The second kappa shape index (κ2) is 5.82. The normalized spacial score (nSPS) is 16.8. The lowest BCUT2D eigenvalue weighted by Gasteiger charge is -2.27. The molecule has 22 heavy (non-hydrogen) atoms. The number of halogens is 1. The summed E-state index contributed by atoms with van der Waals surface area (Å²) in [6.45, 7) is 3.55. The summed E-state index contributed by atoms with van der Waals surface area (Å²) in [5, 5.41) is 0.832. The quantitative estimate of drug-likeness (QED) is 0.936. The van der Waals surface area contributed by atoms with Gasteiger partial charge in [0.2, 0.25) is 0 Å². The number of benzene rings is 2. The van der Waals surface area contributed by atoms with E-state index in [1.54, 1.807) is 0 Å². The molecule has 0 aromatic heterocycles. The van der Waals surface area contributed by atoms with Crippen LogP contribution in [0.5, 0.6) is 0 Å². The highest BCUT2D eigenvalue weighted by Crippen LogP contribution is 2.40. The van der Waals surface area contributed by atoms with Gasteiger partial charge in [0.15, 0.2) is 0 Å². The summed E-state index contributed by atoms with van der Waals surface area (Å²) in [5.74, 6) is 0. The Kier molecular flexibility index (Phi) is 4.02. The van der Waals surface area contributed by atoms with Crippen LogP contribution in [0.2, 0.25) is 5.02 Å². The maximum Gasteiger partial charge on any atom is 0.0672 e. The SMILES string of the molecule is Cc1c(Cl)ccc2c1CN(c1cccc(N(C)C)c1)C2CN. The lowest BCUT2D eigenvalue weighted by molar-refractivity contribution is 0.679. The van der Waals surface area contributed by atoms with E-state index in [1.165, 1.54) is 28.1 Å². The van der Waals surface area contributed by atoms with E-state index in [4.69, 9.17) is 17.3 Å². The van der Waals surface area contributed by atoms with Crippen molar-refractivity contribution in [3.05, 3.63) is 58.1 Å². The number of hydrogen-bond donors (Lipinski definition) is 1. The van der Waals surface area contributed by atoms with Gasteiger partial charge < -0.3 is 15.5 Å². The first-order valence-electron chi connectivity index (χ1n) is 7.55. The third-order valence-electron chi connectivity index (χ3n) is 4.53. The molecule has 0 bridgehead atoms. The summed E-state index contributed by atoms with van der Waals surface area (Å²) in [6.07, 6.45) is 0. The van der Waals surface area contributed by atoms with Gasteiger partial charge in [-0.3, -0.25) is 0 Å². The van der Waals surface area contributed by atoms with Crippen molar-refractivity contribution < 1.29 is 0 Å². The first-order chi connectivity index (χ1) is 10.5. The van der Waals surface area contributed by atoms with Crippen molar-refractivity contribution in [2.24, 2.45) is 5.73 Å². The van der Waals surface area contributed by atoms with Crippen molar-refractivity contribution >= 4 is 23.0 Å². The number of nitrogens with two attached hydrogens (primary N) is 1. The van der Waals surface area contributed by atoms with Gasteiger partial charge in [-0.2, -0.15) is 0 Å². The standard InChI is InChI=1S/C18H22ClN3/c1-12-16-11-22(14-6-4-5-13(9-14)21(2)3)18(10-20)15(16)7-8-17(12)19/h4-9,18H,10-11,20H2,1-3H3. The Labute approximate surface area is 137 Å². The molecule has 2 aromatic rings. The minimum Gasteiger partial charge on any atom is -0.378 e. The molecular formula is C18H22ClN3. The molecule has 1 heterocycles. The van der Waals surface area contributed by atoms with Crippen molar-refractivity contribution in [3.8, 4) is 0 Å². The Morgan fingerprint density at radius 3 is 2.73 bits per heavy atom. The van der Waals surface area contributed by atoms with Crippen LogP contribution in [0.25, 0.3) is 0 Å². The van der Waals surface area contributed by atoms with Crippen molar-refractivity contribution in [3.63, 3.8) is 0 Å². The summed E-state index contributed by atoms with van der Waals surface area (Å²) in [6, 6.07) is 12.9. The van der Waals surface area contributed by atoms with Crippen LogP contribution in [0.15, 0.2) is 36.4 Å². The fourth-order valence-electron chi connectivity index (χ4n) is 3.19. The van der Waals surface area contributed by atoms with Crippen molar-refractivity contribution in [1.82, 2.24) is 0 Å². The summed E-state index contributed by atoms with van der Waals surface area (Å²) in [4.78, 5) is 4.49. The molecule has 3 rings (SSSR count). The molecule has 2 aromatic carbocycles. The lowest BCUT2D eigenvalue weighted by atomic mass is 10.0. The highest BCUT2D eigenvalue weighted by Gasteiger charge is 2.31. The van der Waals surface area contributed by atoms with Gasteiger partial charge in [-0.05, 0) is 47.9 Å². The molecule has 0 saturated carbocycles. The second-order valence-corrected chi connectivity index (χ2v) is 6.44. The van der Waals surface area contributed by atoms with E-state index < -0.39 is 0 Å². The van der Waals surface area contributed by atoms with E-state index in [2.05, 4.69) is 61.2 Å². The largest absolute Gasteiger partial charge is 0.378 e. The smallest absolute Gasteiger partial charge is 0.0672 e. The molecular weight excluding hydrogens is 294 g/mol. The number of fused-ring (bicyclic) bond motifs is 1. The molecule has 116 valence electrons. The maximum absolute atomic E-state index is 6.29. The zero-order chi connectivity index (χ0) is 15.9. The fourth-order valence-corrected chi connectivity index (χ4v) is 3.37. The van der Waals surface area contributed by atoms with Crippen LogP contribution in [0.4, 0.5) is 11.4 Å². The molecule has 1 aliphatic heterocycles. The molecule has 1 aliphatic rings. The average Bonchev–Trinajstić information content (AvgIpc) is 2.90. The Hall–Kier alpha value is -1.71. The van der Waals surface area contributed by atoms with E-state index in [0.29, 0.717) is 6.54 Å². The molecule has 0 spiro atoms. The highest BCUT2D eigenvalue weighted by molar-refractivity contribution is 6.31. The van der Waals surface area contributed by atoms with Crippen LogP contribution in [-0.4, -0.2) is 20.6 Å². The topological polar surface area (TPSA) is 32.5 Å². The minimum absolute atomic E-state index is 0.211. The molecule has 0 radical (unpaired) electrons. The van der Waals surface area contributed by atoms with Gasteiger partial charge in [0, 0.05) is 43.6 Å². The van der Waals surface area contributed by atoms with E-state index >= 15 is 0 Å². The van der Waals surface area contributed by atoms with Crippen molar-refractivity contribution in [2.45, 2.75) is 19.5 Å². The Balaban J connectivity index is 2.03. The fraction of sp³-hybridized carbons (Fsp3) is 0.333. The molecule has 0 amide bonds. The zero-order valence-electron chi connectivity index (χ0n) is 13.3. The Morgan fingerprint density at radius 1 is 1.27 bits per heavy atom. The van der Waals surface area contributed by atoms with Crippen LogP contribution in [0.3, 0.4) is 0 Å². The molecule has 0 aliphatic carbocycles. The first-order valence-corrected chi connectivity index (χ1v) is 7.92. The number of anilines is 2. The lowest BCUT2D eigenvalue weighted by Crippen LogP contribution is -2.27. The second-order valence-electron chi connectivity index (χ2n) is 6.03. The highest BCUT2D eigenvalue weighted by atomic mass is 35.5. The van der Waals surface area contributed by atoms with Crippen LogP contribution < -0.4 is 15.5 Å². The van der Waals surface area contributed by atoms with Gasteiger partial charge in [0.1, 0.15) is 0 Å². The molecule has 0 fully saturated rings. The van der Waals surface area contributed by atoms with E-state index in [9.17, 15) is 0 Å². The number of hydrogen-bond acceptors (Lipinski definition) is 3. The van der Waals surface area contributed by atoms with Gasteiger partial charge in [0.05, 0.1) is 6.04 Å². The van der Waals surface area contributed by atoms with Gasteiger partial charge in [-0.25, -0.2) is 0 Å². The van der Waals surface area contributed by atoms with Crippen LogP contribution >= 0.6 is 11.6 Å². The van der Waals surface area contributed by atoms with Gasteiger partial charge in [-0.15, -0.1) is 0 Å². The first kappa shape index (κ1) is 15.2. The van der Waals surface area contributed by atoms with Crippen molar-refractivity contribution in [2.75, 3.05) is 30.4 Å². The zero-order valence-corrected chi connectivity index (χ0v) is 14.1. The predicted octanol–water partition coefficient (Wildman–Crippen LogP) is 3.73. The molecule has 1 atom stereocenters. The number of nitrogens with zero attached hydrogens (tertiary/aromatic N) is 2. The monoisotopic (exact) mass is 315 g/mol. The predicted molar refractivity (Wildman–Crippen MR) is 94.9 cm³/mol. The third kappa shape index (κ3) is 2.44.